The first-order valence-electron chi connectivity index (χ1n) is 17.2. The van der Waals surface area contributed by atoms with Crippen LogP contribution in [-0.4, -0.2) is 16.2 Å². The van der Waals surface area contributed by atoms with Crippen LogP contribution >= 0.6 is 0 Å². The number of benzene rings is 7. The first-order valence-corrected chi connectivity index (χ1v) is 17.2. The Morgan fingerprint density at radius 1 is 0.538 bits per heavy atom. The van der Waals surface area contributed by atoms with Crippen LogP contribution in [-0.2, 0) is 0 Å². The first-order chi connectivity index (χ1) is 25.7. The summed E-state index contributed by atoms with van der Waals surface area (Å²) < 4.78 is 8.72. The fraction of sp³-hybridized carbons (Fsp3) is 0.0217. The maximum absolute atomic E-state index is 9.36. The van der Waals surface area contributed by atoms with Gasteiger partial charge in [-0.25, -0.2) is 9.98 Å². The van der Waals surface area contributed by atoms with Crippen molar-refractivity contribution in [2.45, 2.75) is 6.17 Å². The van der Waals surface area contributed by atoms with E-state index >= 15 is 0 Å². The SMILES string of the molecule is N#Cc1ccc(-n2c3ccccc3c3cc(-c4ccc5oc6cccc(C7N=C(c8ccccc8)NC(c8ccccc8)=N7)c6c5c4)ccc32)cc1. The third-order valence-corrected chi connectivity index (χ3v) is 9.90. The number of rotatable bonds is 5. The number of nitrogens with one attached hydrogen (secondary N) is 1. The fourth-order valence-corrected chi connectivity index (χ4v) is 7.44. The van der Waals surface area contributed by atoms with Gasteiger partial charge in [0.25, 0.3) is 0 Å². The zero-order chi connectivity index (χ0) is 34.6. The van der Waals surface area contributed by atoms with Crippen LogP contribution in [0.15, 0.2) is 178 Å². The molecule has 1 aliphatic heterocycles. The van der Waals surface area contributed by atoms with E-state index in [1.165, 1.54) is 5.39 Å². The van der Waals surface area contributed by atoms with Crippen molar-refractivity contribution in [3.63, 3.8) is 0 Å². The molecule has 244 valence electrons. The van der Waals surface area contributed by atoms with Crippen molar-refractivity contribution in [1.29, 1.82) is 5.26 Å². The summed E-state index contributed by atoms with van der Waals surface area (Å²) in [6.45, 7) is 0. The lowest BCUT2D eigenvalue weighted by Crippen LogP contribution is -2.36. The predicted molar refractivity (Wildman–Crippen MR) is 210 cm³/mol. The highest BCUT2D eigenvalue weighted by Crippen LogP contribution is 2.40. The molecule has 0 amide bonds. The van der Waals surface area contributed by atoms with Gasteiger partial charge in [0.2, 0.25) is 0 Å². The highest BCUT2D eigenvalue weighted by atomic mass is 16.3. The smallest absolute Gasteiger partial charge is 0.170 e. The van der Waals surface area contributed by atoms with Crippen LogP contribution in [0.3, 0.4) is 0 Å². The minimum Gasteiger partial charge on any atom is -0.456 e. The van der Waals surface area contributed by atoms with Crippen molar-refractivity contribution in [3.8, 4) is 22.9 Å². The molecule has 0 atom stereocenters. The number of aromatic nitrogens is 1. The number of para-hydroxylation sites is 1. The van der Waals surface area contributed by atoms with E-state index in [-0.39, 0.29) is 0 Å². The van der Waals surface area contributed by atoms with Crippen molar-refractivity contribution >= 4 is 55.4 Å². The summed E-state index contributed by atoms with van der Waals surface area (Å²) in [5, 5.41) is 17.2. The molecule has 10 rings (SSSR count). The van der Waals surface area contributed by atoms with Gasteiger partial charge in [-0.2, -0.15) is 5.26 Å². The lowest BCUT2D eigenvalue weighted by atomic mass is 9.98. The number of hydrogen-bond donors (Lipinski definition) is 1. The Kier molecular flexibility index (Phi) is 6.83. The molecule has 3 heterocycles. The Hall–Kier alpha value is -7.23. The fourth-order valence-electron chi connectivity index (χ4n) is 7.44. The summed E-state index contributed by atoms with van der Waals surface area (Å²) in [6, 6.07) is 58.1. The maximum Gasteiger partial charge on any atom is 0.170 e. The second-order valence-electron chi connectivity index (χ2n) is 13.0. The highest BCUT2D eigenvalue weighted by molar-refractivity contribution is 6.16. The number of hydrogen-bond acceptors (Lipinski definition) is 5. The molecule has 0 radical (unpaired) electrons. The van der Waals surface area contributed by atoms with E-state index in [9.17, 15) is 5.26 Å². The Morgan fingerprint density at radius 2 is 1.17 bits per heavy atom. The zero-order valence-electron chi connectivity index (χ0n) is 27.9. The third kappa shape index (κ3) is 4.87. The average molecular weight is 668 g/mol. The van der Waals surface area contributed by atoms with Crippen LogP contribution < -0.4 is 5.32 Å². The molecular weight excluding hydrogens is 639 g/mol. The minimum absolute atomic E-state index is 0.482. The summed E-state index contributed by atoms with van der Waals surface area (Å²) >= 11 is 0. The summed E-state index contributed by atoms with van der Waals surface area (Å²) in [5.74, 6) is 1.55. The molecule has 0 fully saturated rings. The minimum atomic E-state index is -0.482. The van der Waals surface area contributed by atoms with Crippen molar-refractivity contribution < 1.29 is 4.42 Å². The van der Waals surface area contributed by atoms with Crippen LogP contribution in [0.4, 0.5) is 0 Å². The van der Waals surface area contributed by atoms with Crippen molar-refractivity contribution in [2.24, 2.45) is 9.98 Å². The lowest BCUT2D eigenvalue weighted by Gasteiger charge is -2.22. The molecule has 0 unspecified atom stereocenters. The Morgan fingerprint density at radius 3 is 1.88 bits per heavy atom. The second kappa shape index (κ2) is 12.0. The number of nitrogens with zero attached hydrogens (tertiary/aromatic N) is 4. The molecule has 0 saturated carbocycles. The molecular formula is C46H29N5O. The van der Waals surface area contributed by atoms with Crippen LogP contribution in [0.5, 0.6) is 0 Å². The second-order valence-corrected chi connectivity index (χ2v) is 13.0. The van der Waals surface area contributed by atoms with Crippen LogP contribution in [0, 0.1) is 11.3 Å². The van der Waals surface area contributed by atoms with Gasteiger partial charge in [0.1, 0.15) is 22.8 Å². The van der Waals surface area contributed by atoms with Crippen LogP contribution in [0.2, 0.25) is 0 Å². The van der Waals surface area contributed by atoms with E-state index in [2.05, 4.69) is 107 Å². The Bertz CT molecular complexity index is 2870. The molecule has 1 aliphatic rings. The molecule has 7 aromatic carbocycles. The topological polar surface area (TPSA) is 78.6 Å². The first kappa shape index (κ1) is 29.7. The molecule has 1 N–H and O–H groups in total. The molecule has 0 bridgehead atoms. The summed E-state index contributed by atoms with van der Waals surface area (Å²) in [7, 11) is 0. The molecule has 6 nitrogen and oxygen atoms in total. The van der Waals surface area contributed by atoms with Crippen molar-refractivity contribution in [3.05, 3.63) is 186 Å². The van der Waals surface area contributed by atoms with Crippen molar-refractivity contribution in [1.82, 2.24) is 9.88 Å². The van der Waals surface area contributed by atoms with Gasteiger partial charge in [-0.1, -0.05) is 103 Å². The normalized spacial score (nSPS) is 13.3. The largest absolute Gasteiger partial charge is 0.456 e. The van der Waals surface area contributed by atoms with Gasteiger partial charge in [0.15, 0.2) is 6.17 Å². The van der Waals surface area contributed by atoms with Gasteiger partial charge in [-0.15, -0.1) is 0 Å². The third-order valence-electron chi connectivity index (χ3n) is 9.90. The number of fused-ring (bicyclic) bond motifs is 6. The van der Waals surface area contributed by atoms with Crippen molar-refractivity contribution in [2.75, 3.05) is 0 Å². The van der Waals surface area contributed by atoms with E-state index in [4.69, 9.17) is 14.4 Å². The van der Waals surface area contributed by atoms with E-state index in [0.717, 1.165) is 83.5 Å². The number of nitriles is 1. The molecule has 0 aliphatic carbocycles. The summed E-state index contributed by atoms with van der Waals surface area (Å²) in [4.78, 5) is 10.3. The van der Waals surface area contributed by atoms with E-state index in [1.54, 1.807) is 0 Å². The monoisotopic (exact) mass is 667 g/mol. The molecule has 0 saturated heterocycles. The number of furan rings is 1. The van der Waals surface area contributed by atoms with Gasteiger partial charge in [-0.3, -0.25) is 0 Å². The van der Waals surface area contributed by atoms with Gasteiger partial charge in [0, 0.05) is 43.9 Å². The van der Waals surface area contributed by atoms with Crippen LogP contribution in [0.25, 0.3) is 60.6 Å². The molecule has 6 heteroatoms. The molecule has 52 heavy (non-hydrogen) atoms. The maximum atomic E-state index is 9.36. The van der Waals surface area contributed by atoms with Gasteiger partial charge >= 0.3 is 0 Å². The molecule has 0 spiro atoms. The molecule has 9 aromatic rings. The van der Waals surface area contributed by atoms with Gasteiger partial charge < -0.3 is 14.3 Å². The zero-order valence-corrected chi connectivity index (χ0v) is 27.9. The quantitative estimate of drug-likeness (QED) is 0.198. The standard InChI is InChI=1S/C46H29N5O/c47-28-29-18-22-34(23-19-29)51-39-16-8-7-14-35(39)37-26-32(20-24-40(37)51)33-21-25-41-38(27-33)43-36(15-9-17-42(43)52-41)46-49-44(30-10-3-1-4-11-30)48-45(50-46)31-12-5-2-6-13-31/h1-27,46H,(H,48,49,50). The van der Waals surface area contributed by atoms with Crippen LogP contribution in [0.1, 0.15) is 28.4 Å². The molecule has 2 aromatic heterocycles. The Labute approximate surface area is 299 Å². The van der Waals surface area contributed by atoms with E-state index < -0.39 is 6.17 Å². The summed E-state index contributed by atoms with van der Waals surface area (Å²) in [6.07, 6.45) is -0.482. The predicted octanol–water partition coefficient (Wildman–Crippen LogP) is 10.7. The van der Waals surface area contributed by atoms with E-state index in [1.807, 2.05) is 72.8 Å². The average Bonchev–Trinajstić information content (AvgIpc) is 3.76. The lowest BCUT2D eigenvalue weighted by molar-refractivity contribution is 0.667. The Balaban J connectivity index is 1.13. The van der Waals surface area contributed by atoms with E-state index in [0.29, 0.717) is 5.56 Å². The van der Waals surface area contributed by atoms with Gasteiger partial charge in [-0.05, 0) is 71.8 Å². The van der Waals surface area contributed by atoms with Gasteiger partial charge in [0.05, 0.1) is 22.7 Å². The number of amidine groups is 2. The number of aliphatic imine (C=N–C) groups is 2. The summed E-state index contributed by atoms with van der Waals surface area (Å²) in [5.41, 5.74) is 10.7. The highest BCUT2D eigenvalue weighted by Gasteiger charge is 2.24.